The molecule has 0 bridgehead atoms. The summed E-state index contributed by atoms with van der Waals surface area (Å²) in [5.41, 5.74) is 1.73. The van der Waals surface area contributed by atoms with E-state index in [-0.39, 0.29) is 5.57 Å². The molecule has 3 aromatic rings. The fourth-order valence-corrected chi connectivity index (χ4v) is 3.99. The van der Waals surface area contributed by atoms with Crippen LogP contribution in [0, 0.1) is 18.3 Å². The van der Waals surface area contributed by atoms with Gasteiger partial charge in [-0.05, 0) is 49.2 Å². The SMILES string of the molecule is CCCc1nnc(NC(=O)/C(C#N)=C\c2ccc(OCCOCCOc3ccc(C)cc3)c(OC)c2)s1. The highest BCUT2D eigenvalue weighted by atomic mass is 32.1. The Bertz CT molecular complexity index is 1230. The number of carbonyl (C=O) groups is 1. The zero-order valence-electron chi connectivity index (χ0n) is 21.2. The number of hydrogen-bond donors (Lipinski definition) is 1. The largest absolute Gasteiger partial charge is 0.493 e. The summed E-state index contributed by atoms with van der Waals surface area (Å²) < 4.78 is 22.4. The van der Waals surface area contributed by atoms with Crippen molar-refractivity contribution in [2.45, 2.75) is 26.7 Å². The van der Waals surface area contributed by atoms with Crippen molar-refractivity contribution < 1.29 is 23.7 Å². The van der Waals surface area contributed by atoms with Crippen LogP contribution in [0.5, 0.6) is 17.2 Å². The molecule has 0 aliphatic rings. The Kier molecular flexibility index (Phi) is 10.9. The second-order valence-corrected chi connectivity index (χ2v) is 8.97. The molecule has 9 nitrogen and oxygen atoms in total. The van der Waals surface area contributed by atoms with Crippen molar-refractivity contribution in [3.05, 3.63) is 64.2 Å². The van der Waals surface area contributed by atoms with E-state index in [2.05, 4.69) is 15.5 Å². The van der Waals surface area contributed by atoms with Crippen LogP contribution >= 0.6 is 11.3 Å². The van der Waals surface area contributed by atoms with Crippen LogP contribution in [0.1, 0.15) is 29.5 Å². The summed E-state index contributed by atoms with van der Waals surface area (Å²) in [5.74, 6) is 1.26. The first-order valence-electron chi connectivity index (χ1n) is 11.9. The van der Waals surface area contributed by atoms with Gasteiger partial charge in [0, 0.05) is 6.42 Å². The first kappa shape index (κ1) is 27.6. The van der Waals surface area contributed by atoms with Crippen LogP contribution in [0.25, 0.3) is 6.08 Å². The number of nitrogens with zero attached hydrogens (tertiary/aromatic N) is 3. The molecule has 0 atom stereocenters. The summed E-state index contributed by atoms with van der Waals surface area (Å²) in [6.07, 6.45) is 3.20. The number of anilines is 1. The molecule has 0 fully saturated rings. The summed E-state index contributed by atoms with van der Waals surface area (Å²) in [5, 5.41) is 21.3. The van der Waals surface area contributed by atoms with Crippen LogP contribution in [0.15, 0.2) is 48.0 Å². The lowest BCUT2D eigenvalue weighted by Crippen LogP contribution is -2.13. The van der Waals surface area contributed by atoms with Crippen LogP contribution in [-0.2, 0) is 16.0 Å². The van der Waals surface area contributed by atoms with Gasteiger partial charge in [-0.15, -0.1) is 10.2 Å². The lowest BCUT2D eigenvalue weighted by atomic mass is 10.1. The molecule has 1 N–H and O–H groups in total. The molecule has 2 aromatic carbocycles. The van der Waals surface area contributed by atoms with Crippen molar-refractivity contribution in [1.29, 1.82) is 5.26 Å². The molecular weight excluding hydrogens is 492 g/mol. The van der Waals surface area contributed by atoms with Gasteiger partial charge in [0.15, 0.2) is 11.5 Å². The van der Waals surface area contributed by atoms with Gasteiger partial charge in [-0.25, -0.2) is 0 Å². The molecule has 194 valence electrons. The molecule has 0 spiro atoms. The number of nitrogens with one attached hydrogen (secondary N) is 1. The predicted molar refractivity (Wildman–Crippen MR) is 142 cm³/mol. The number of hydrogen-bond acceptors (Lipinski definition) is 9. The molecule has 0 aliphatic carbocycles. The molecule has 0 radical (unpaired) electrons. The van der Waals surface area contributed by atoms with Crippen LogP contribution in [0.2, 0.25) is 0 Å². The van der Waals surface area contributed by atoms with Crippen LogP contribution in [0.3, 0.4) is 0 Å². The Hall–Kier alpha value is -3.94. The third-order valence-corrected chi connectivity index (χ3v) is 5.92. The smallest absolute Gasteiger partial charge is 0.268 e. The molecule has 0 aliphatic heterocycles. The maximum atomic E-state index is 12.5. The molecule has 10 heteroatoms. The third-order valence-electron chi connectivity index (χ3n) is 5.02. The molecule has 0 unspecified atom stereocenters. The number of rotatable bonds is 14. The number of carbonyl (C=O) groups excluding carboxylic acids is 1. The Morgan fingerprint density at radius 2 is 1.81 bits per heavy atom. The first-order valence-corrected chi connectivity index (χ1v) is 12.7. The van der Waals surface area contributed by atoms with Crippen molar-refractivity contribution in [1.82, 2.24) is 10.2 Å². The standard InChI is InChI=1S/C27H30N4O5S/c1-4-5-25-30-31-27(37-25)29-26(32)21(18-28)16-20-8-11-23(24(17-20)33-3)36-15-13-34-12-14-35-22-9-6-19(2)7-10-22/h6-11,16-17H,4-5,12-15H2,1-3H3,(H,29,31,32)/b21-16-. The second-order valence-electron chi connectivity index (χ2n) is 7.91. The maximum absolute atomic E-state index is 12.5. The Morgan fingerprint density at radius 3 is 2.51 bits per heavy atom. The Labute approximate surface area is 220 Å². The topological polar surface area (TPSA) is 116 Å². The number of nitriles is 1. The molecular formula is C27H30N4O5S. The van der Waals surface area contributed by atoms with Gasteiger partial charge in [0.1, 0.15) is 35.6 Å². The highest BCUT2D eigenvalue weighted by Crippen LogP contribution is 2.29. The van der Waals surface area contributed by atoms with E-state index in [4.69, 9.17) is 18.9 Å². The lowest BCUT2D eigenvalue weighted by molar-refractivity contribution is -0.112. The van der Waals surface area contributed by atoms with Crippen molar-refractivity contribution in [2.24, 2.45) is 0 Å². The molecule has 37 heavy (non-hydrogen) atoms. The number of aromatic nitrogens is 2. The average Bonchev–Trinajstić information content (AvgIpc) is 3.34. The fourth-order valence-electron chi connectivity index (χ4n) is 3.16. The number of benzene rings is 2. The van der Waals surface area contributed by atoms with E-state index >= 15 is 0 Å². The van der Waals surface area contributed by atoms with E-state index in [0.717, 1.165) is 23.6 Å². The van der Waals surface area contributed by atoms with Gasteiger partial charge in [-0.2, -0.15) is 5.26 Å². The molecule has 0 saturated carbocycles. The first-order chi connectivity index (χ1) is 18.0. The summed E-state index contributed by atoms with van der Waals surface area (Å²) >= 11 is 1.30. The van der Waals surface area contributed by atoms with Crippen molar-refractivity contribution in [3.63, 3.8) is 0 Å². The zero-order chi connectivity index (χ0) is 26.5. The molecule has 1 heterocycles. The van der Waals surface area contributed by atoms with Gasteiger partial charge in [0.2, 0.25) is 5.13 Å². The summed E-state index contributed by atoms with van der Waals surface area (Å²) in [7, 11) is 1.52. The van der Waals surface area contributed by atoms with Gasteiger partial charge in [-0.1, -0.05) is 42.0 Å². The number of amides is 1. The average molecular weight is 523 g/mol. The highest BCUT2D eigenvalue weighted by Gasteiger charge is 2.14. The third kappa shape index (κ3) is 8.90. The lowest BCUT2D eigenvalue weighted by Gasteiger charge is -2.12. The number of aryl methyl sites for hydroxylation is 2. The molecule has 1 aromatic heterocycles. The van der Waals surface area contributed by atoms with Gasteiger partial charge in [0.25, 0.3) is 5.91 Å². The van der Waals surface area contributed by atoms with E-state index in [1.165, 1.54) is 30.1 Å². The minimum Gasteiger partial charge on any atom is -0.493 e. The van der Waals surface area contributed by atoms with E-state index in [9.17, 15) is 10.1 Å². The monoisotopic (exact) mass is 522 g/mol. The normalized spacial score (nSPS) is 11.0. The quantitative estimate of drug-likeness (QED) is 0.182. The van der Waals surface area contributed by atoms with E-state index in [1.807, 2.05) is 44.2 Å². The van der Waals surface area contributed by atoms with Crippen LogP contribution < -0.4 is 19.5 Å². The van der Waals surface area contributed by atoms with E-state index < -0.39 is 5.91 Å². The summed E-state index contributed by atoms with van der Waals surface area (Å²) in [6, 6.07) is 14.9. The minimum atomic E-state index is -0.551. The molecule has 1 amide bonds. The van der Waals surface area contributed by atoms with Gasteiger partial charge in [-0.3, -0.25) is 10.1 Å². The van der Waals surface area contributed by atoms with E-state index in [0.29, 0.717) is 48.6 Å². The number of ether oxygens (including phenoxy) is 4. The summed E-state index contributed by atoms with van der Waals surface area (Å²) in [6.45, 7) is 5.66. The summed E-state index contributed by atoms with van der Waals surface area (Å²) in [4.78, 5) is 12.5. The maximum Gasteiger partial charge on any atom is 0.268 e. The zero-order valence-corrected chi connectivity index (χ0v) is 22.0. The van der Waals surface area contributed by atoms with Gasteiger partial charge >= 0.3 is 0 Å². The van der Waals surface area contributed by atoms with Crippen LogP contribution in [0.4, 0.5) is 5.13 Å². The molecule has 0 saturated heterocycles. The van der Waals surface area contributed by atoms with Gasteiger partial charge in [0.05, 0.1) is 20.3 Å². The highest BCUT2D eigenvalue weighted by molar-refractivity contribution is 7.15. The van der Waals surface area contributed by atoms with E-state index in [1.54, 1.807) is 18.2 Å². The second kappa shape index (κ2) is 14.6. The minimum absolute atomic E-state index is 0.0655. The molecule has 3 rings (SSSR count). The Morgan fingerprint density at radius 1 is 1.05 bits per heavy atom. The van der Waals surface area contributed by atoms with Crippen molar-refractivity contribution in [2.75, 3.05) is 38.9 Å². The fraction of sp³-hybridized carbons (Fsp3) is 0.333. The number of methoxy groups -OCH3 is 1. The van der Waals surface area contributed by atoms with Gasteiger partial charge < -0.3 is 18.9 Å². The van der Waals surface area contributed by atoms with Crippen molar-refractivity contribution >= 4 is 28.5 Å². The van der Waals surface area contributed by atoms with Crippen LogP contribution in [-0.4, -0.2) is 49.6 Å². The predicted octanol–water partition coefficient (Wildman–Crippen LogP) is 4.83. The Balaban J connectivity index is 1.48. The van der Waals surface area contributed by atoms with Crippen molar-refractivity contribution in [3.8, 4) is 23.3 Å².